The molecule has 1 amide bonds. The molecule has 0 radical (unpaired) electrons. The second-order valence-electron chi connectivity index (χ2n) is 7.76. The van der Waals surface area contributed by atoms with Crippen molar-refractivity contribution in [2.75, 3.05) is 27.2 Å². The molecule has 2 rings (SSSR count). The monoisotopic (exact) mass is 477 g/mol. The summed E-state index contributed by atoms with van der Waals surface area (Å²) in [4.78, 5) is 18.2. The van der Waals surface area contributed by atoms with Crippen LogP contribution in [0.25, 0.3) is 0 Å². The predicted octanol–water partition coefficient (Wildman–Crippen LogP) is 1.19. The molecule has 0 spiro atoms. The largest absolute Gasteiger partial charge is 0.356 e. The first-order chi connectivity index (χ1) is 11.7. The van der Waals surface area contributed by atoms with Crippen molar-refractivity contribution in [3.05, 3.63) is 11.6 Å². The number of aryl methyl sites for hydroxylation is 2. The third-order valence-electron chi connectivity index (χ3n) is 4.25. The molecule has 1 aromatic rings. The Balaban J connectivity index is 0.00000338. The van der Waals surface area contributed by atoms with Crippen LogP contribution in [0.5, 0.6) is 0 Å². The van der Waals surface area contributed by atoms with E-state index in [0.29, 0.717) is 5.92 Å². The highest BCUT2D eigenvalue weighted by Gasteiger charge is 2.22. The molecule has 0 saturated heterocycles. The van der Waals surface area contributed by atoms with Crippen molar-refractivity contribution in [2.24, 2.45) is 10.9 Å². The predicted molar refractivity (Wildman–Crippen MR) is 114 cm³/mol. The third kappa shape index (κ3) is 6.40. The molecule has 148 valence electrons. The molecular weight excluding hydrogens is 445 g/mol. The fourth-order valence-electron chi connectivity index (χ4n) is 3.07. The van der Waals surface area contributed by atoms with Crippen LogP contribution in [0.4, 0.5) is 0 Å². The Morgan fingerprint density at radius 2 is 2.08 bits per heavy atom. The van der Waals surface area contributed by atoms with Gasteiger partial charge in [-0.1, -0.05) is 0 Å². The van der Waals surface area contributed by atoms with Gasteiger partial charge in [-0.15, -0.1) is 34.2 Å². The number of aromatic nitrogens is 3. The molecule has 1 aromatic heterocycles. The SMILES string of the molecule is CN=C(NCC1CCc2nnc(C)n2C1)N(C)CC(=O)NC(C)(C)C.I. The maximum Gasteiger partial charge on any atom is 0.240 e. The van der Waals surface area contributed by atoms with Crippen molar-refractivity contribution < 1.29 is 4.79 Å². The molecule has 26 heavy (non-hydrogen) atoms. The lowest BCUT2D eigenvalue weighted by Gasteiger charge is -2.28. The molecule has 0 bridgehead atoms. The highest BCUT2D eigenvalue weighted by atomic mass is 127. The van der Waals surface area contributed by atoms with E-state index in [2.05, 4.69) is 30.4 Å². The van der Waals surface area contributed by atoms with Gasteiger partial charge in [0.15, 0.2) is 5.96 Å². The topological polar surface area (TPSA) is 87.4 Å². The van der Waals surface area contributed by atoms with Crippen molar-refractivity contribution in [2.45, 2.75) is 52.6 Å². The van der Waals surface area contributed by atoms with Gasteiger partial charge in [0.25, 0.3) is 0 Å². The Kier molecular flexibility index (Phi) is 8.29. The van der Waals surface area contributed by atoms with Gasteiger partial charge < -0.3 is 20.1 Å². The molecule has 0 aliphatic carbocycles. The summed E-state index contributed by atoms with van der Waals surface area (Å²) in [5, 5.41) is 14.7. The van der Waals surface area contributed by atoms with Crippen LogP contribution < -0.4 is 10.6 Å². The van der Waals surface area contributed by atoms with Gasteiger partial charge in [-0.25, -0.2) is 0 Å². The number of guanidine groups is 1. The van der Waals surface area contributed by atoms with Crippen LogP contribution in [0.3, 0.4) is 0 Å². The molecule has 2 N–H and O–H groups in total. The van der Waals surface area contributed by atoms with Gasteiger partial charge in [0.2, 0.25) is 5.91 Å². The number of likely N-dealkylation sites (N-methyl/N-ethyl adjacent to an activating group) is 1. The lowest BCUT2D eigenvalue weighted by Crippen LogP contribution is -2.49. The molecule has 1 aliphatic heterocycles. The maximum atomic E-state index is 12.1. The Morgan fingerprint density at radius 3 is 2.69 bits per heavy atom. The van der Waals surface area contributed by atoms with E-state index in [-0.39, 0.29) is 42.0 Å². The Bertz CT molecular complexity index is 636. The van der Waals surface area contributed by atoms with Gasteiger partial charge in [0.1, 0.15) is 11.6 Å². The number of amides is 1. The Hall–Kier alpha value is -1.39. The van der Waals surface area contributed by atoms with Gasteiger partial charge in [-0.3, -0.25) is 9.79 Å². The zero-order valence-electron chi connectivity index (χ0n) is 16.7. The highest BCUT2D eigenvalue weighted by Crippen LogP contribution is 2.19. The summed E-state index contributed by atoms with van der Waals surface area (Å²) in [5.41, 5.74) is -0.231. The normalized spacial score (nSPS) is 17.2. The molecular formula is C17H32IN7O. The van der Waals surface area contributed by atoms with E-state index in [1.54, 1.807) is 7.05 Å². The molecule has 1 atom stereocenters. The van der Waals surface area contributed by atoms with Crippen LogP contribution in [0.1, 0.15) is 38.8 Å². The fraction of sp³-hybridized carbons (Fsp3) is 0.765. The Morgan fingerprint density at radius 1 is 1.38 bits per heavy atom. The maximum absolute atomic E-state index is 12.1. The molecule has 9 heteroatoms. The first-order valence-electron chi connectivity index (χ1n) is 8.81. The highest BCUT2D eigenvalue weighted by molar-refractivity contribution is 14.0. The van der Waals surface area contributed by atoms with Crippen molar-refractivity contribution in [1.82, 2.24) is 30.3 Å². The van der Waals surface area contributed by atoms with E-state index in [1.807, 2.05) is 39.6 Å². The molecule has 1 aliphatic rings. The summed E-state index contributed by atoms with van der Waals surface area (Å²) in [6.45, 7) is 9.93. The lowest BCUT2D eigenvalue weighted by molar-refractivity contribution is -0.122. The standard InChI is InChI=1S/C17H31N7O.HI/c1-12-21-22-14-8-7-13(10-24(12)14)9-19-16(18-5)23(6)11-15(25)20-17(2,3)4;/h13H,7-11H2,1-6H3,(H,18,19)(H,20,25);1H. The van der Waals surface area contributed by atoms with Crippen molar-refractivity contribution in [3.63, 3.8) is 0 Å². The summed E-state index contributed by atoms with van der Waals surface area (Å²) in [6, 6.07) is 0. The van der Waals surface area contributed by atoms with E-state index in [9.17, 15) is 4.79 Å². The minimum atomic E-state index is -0.231. The van der Waals surface area contributed by atoms with Crippen LogP contribution in [0, 0.1) is 12.8 Å². The number of hydrogen-bond donors (Lipinski definition) is 2. The lowest BCUT2D eigenvalue weighted by atomic mass is 9.99. The van der Waals surface area contributed by atoms with Gasteiger partial charge in [0, 0.05) is 39.1 Å². The van der Waals surface area contributed by atoms with Crippen LogP contribution >= 0.6 is 24.0 Å². The summed E-state index contributed by atoms with van der Waals surface area (Å²) in [6.07, 6.45) is 2.03. The molecule has 0 aromatic carbocycles. The van der Waals surface area contributed by atoms with Gasteiger partial charge >= 0.3 is 0 Å². The van der Waals surface area contributed by atoms with Gasteiger partial charge in [-0.05, 0) is 40.0 Å². The number of aliphatic imine (C=N–C) groups is 1. The Labute approximate surface area is 173 Å². The van der Waals surface area contributed by atoms with E-state index < -0.39 is 0 Å². The third-order valence-corrected chi connectivity index (χ3v) is 4.25. The van der Waals surface area contributed by atoms with Crippen LogP contribution in [-0.4, -0.2) is 64.3 Å². The molecule has 2 heterocycles. The first kappa shape index (κ1) is 22.7. The second-order valence-corrected chi connectivity index (χ2v) is 7.76. The van der Waals surface area contributed by atoms with Crippen LogP contribution in [0.15, 0.2) is 4.99 Å². The van der Waals surface area contributed by atoms with Crippen molar-refractivity contribution in [1.29, 1.82) is 0 Å². The second kappa shape index (κ2) is 9.52. The van der Waals surface area contributed by atoms with Crippen LogP contribution in [-0.2, 0) is 17.8 Å². The number of carbonyl (C=O) groups is 1. The average molecular weight is 477 g/mol. The van der Waals surface area contributed by atoms with E-state index in [4.69, 9.17) is 0 Å². The smallest absolute Gasteiger partial charge is 0.240 e. The van der Waals surface area contributed by atoms with E-state index in [1.165, 1.54) is 0 Å². The van der Waals surface area contributed by atoms with Crippen LogP contribution in [0.2, 0.25) is 0 Å². The zero-order valence-corrected chi connectivity index (χ0v) is 19.0. The summed E-state index contributed by atoms with van der Waals surface area (Å²) < 4.78 is 2.19. The van der Waals surface area contributed by atoms with E-state index in [0.717, 1.165) is 43.5 Å². The summed E-state index contributed by atoms with van der Waals surface area (Å²) >= 11 is 0. The van der Waals surface area contributed by atoms with Gasteiger partial charge in [0.05, 0.1) is 6.54 Å². The fourth-order valence-corrected chi connectivity index (χ4v) is 3.07. The number of halogens is 1. The number of fused-ring (bicyclic) bond motifs is 1. The first-order valence-corrected chi connectivity index (χ1v) is 8.81. The number of hydrogen-bond acceptors (Lipinski definition) is 4. The minimum absolute atomic E-state index is 0. The average Bonchev–Trinajstić information content (AvgIpc) is 2.87. The summed E-state index contributed by atoms with van der Waals surface area (Å²) in [5.74, 6) is 3.26. The number of rotatable bonds is 4. The molecule has 8 nitrogen and oxygen atoms in total. The van der Waals surface area contributed by atoms with E-state index >= 15 is 0 Å². The quantitative estimate of drug-likeness (QED) is 0.387. The zero-order chi connectivity index (χ0) is 18.6. The van der Waals surface area contributed by atoms with Crippen molar-refractivity contribution in [3.8, 4) is 0 Å². The molecule has 1 unspecified atom stereocenters. The van der Waals surface area contributed by atoms with Crippen molar-refractivity contribution >= 4 is 35.8 Å². The van der Waals surface area contributed by atoms with Gasteiger partial charge in [-0.2, -0.15) is 0 Å². The number of carbonyl (C=O) groups excluding carboxylic acids is 1. The number of nitrogens with zero attached hydrogens (tertiary/aromatic N) is 5. The molecule has 0 saturated carbocycles. The summed E-state index contributed by atoms with van der Waals surface area (Å²) in [7, 11) is 3.61. The minimum Gasteiger partial charge on any atom is -0.356 e. The number of nitrogens with one attached hydrogen (secondary N) is 2. The molecule has 0 fully saturated rings.